The second-order valence-corrected chi connectivity index (χ2v) is 10.9. The van der Waals surface area contributed by atoms with Gasteiger partial charge in [0, 0.05) is 35.8 Å². The molecular weight excluding hydrogens is 508 g/mol. The molecule has 0 saturated heterocycles. The molecule has 0 aromatic heterocycles. The van der Waals surface area contributed by atoms with Crippen LogP contribution in [0.1, 0.15) is 22.3 Å². The van der Waals surface area contributed by atoms with Gasteiger partial charge in [-0.25, -0.2) is 0 Å². The number of para-hydroxylation sites is 2. The van der Waals surface area contributed by atoms with Gasteiger partial charge < -0.3 is 9.80 Å². The number of nitrogens with zero attached hydrogens (tertiary/aromatic N) is 2. The lowest BCUT2D eigenvalue weighted by Crippen LogP contribution is -2.16. The molecule has 0 saturated carbocycles. The van der Waals surface area contributed by atoms with E-state index in [1.165, 1.54) is 56.1 Å². The smallest absolute Gasteiger partial charge is 0.0481 e. The molecule has 6 rings (SSSR count). The Morgan fingerprint density at radius 3 is 1.07 bits per heavy atom. The van der Waals surface area contributed by atoms with E-state index in [2.05, 4.69) is 181 Å². The Bertz CT molecular complexity index is 1590. The van der Waals surface area contributed by atoms with Crippen LogP contribution in [0.15, 0.2) is 158 Å². The molecule has 2 nitrogen and oxygen atoms in total. The van der Waals surface area contributed by atoms with Gasteiger partial charge in [0.2, 0.25) is 0 Å². The van der Waals surface area contributed by atoms with Gasteiger partial charge in [0.1, 0.15) is 0 Å². The summed E-state index contributed by atoms with van der Waals surface area (Å²) in [7, 11) is 0. The molecule has 0 bridgehead atoms. The largest absolute Gasteiger partial charge is 0.337 e. The first kappa shape index (κ1) is 27.1. The van der Waals surface area contributed by atoms with Gasteiger partial charge in [0.25, 0.3) is 0 Å². The molecule has 6 aromatic rings. The van der Waals surface area contributed by atoms with E-state index in [1.54, 1.807) is 0 Å². The highest BCUT2D eigenvalue weighted by Gasteiger charge is 2.13. The lowest BCUT2D eigenvalue weighted by molar-refractivity contribution is 0.972. The van der Waals surface area contributed by atoms with Crippen molar-refractivity contribution < 1.29 is 0 Å². The third-order valence-electron chi connectivity index (χ3n) is 7.67. The fourth-order valence-electron chi connectivity index (χ4n) is 5.53. The fraction of sp³-hybridized carbons (Fsp3) is 0.100. The monoisotopic (exact) mass is 544 g/mol. The van der Waals surface area contributed by atoms with E-state index in [0.29, 0.717) is 0 Å². The van der Waals surface area contributed by atoms with Gasteiger partial charge in [-0.1, -0.05) is 120 Å². The molecule has 0 amide bonds. The lowest BCUT2D eigenvalue weighted by Gasteiger charge is -2.26. The molecule has 42 heavy (non-hydrogen) atoms. The van der Waals surface area contributed by atoms with E-state index in [4.69, 9.17) is 0 Å². The van der Waals surface area contributed by atoms with Crippen molar-refractivity contribution in [2.45, 2.75) is 26.9 Å². The molecule has 0 heterocycles. The quantitative estimate of drug-likeness (QED) is 0.179. The Morgan fingerprint density at radius 2 is 0.714 bits per heavy atom. The van der Waals surface area contributed by atoms with Crippen molar-refractivity contribution in [3.05, 3.63) is 180 Å². The summed E-state index contributed by atoms with van der Waals surface area (Å²) >= 11 is 0. The Balaban J connectivity index is 1.26. The summed E-state index contributed by atoms with van der Waals surface area (Å²) in [5, 5.41) is 0. The zero-order chi connectivity index (χ0) is 28.7. The van der Waals surface area contributed by atoms with Crippen molar-refractivity contribution in [1.82, 2.24) is 0 Å². The maximum Gasteiger partial charge on any atom is 0.0481 e. The van der Waals surface area contributed by atoms with E-state index in [1.807, 2.05) is 0 Å². The zero-order valence-corrected chi connectivity index (χ0v) is 24.3. The average molecular weight is 545 g/mol. The molecule has 0 aliphatic heterocycles. The standard InChI is InChI=1S/C40H36N2/c1-31-11-9-13-33(27-31)29-41(37-15-5-3-6-16-37)39-23-19-35(20-24-39)36-21-25-40(26-22-36)42(38-17-7-4-8-18-38)30-34-14-10-12-32(2)28-34/h3-28H,29-30H2,1-2H3. The third-order valence-corrected chi connectivity index (χ3v) is 7.67. The highest BCUT2D eigenvalue weighted by atomic mass is 15.1. The predicted octanol–water partition coefficient (Wildman–Crippen LogP) is 10.6. The van der Waals surface area contributed by atoms with Crippen molar-refractivity contribution in [3.8, 4) is 11.1 Å². The summed E-state index contributed by atoms with van der Waals surface area (Å²) in [6, 6.07) is 56.7. The number of hydrogen-bond donors (Lipinski definition) is 0. The van der Waals surface area contributed by atoms with Gasteiger partial charge in [0.05, 0.1) is 0 Å². The van der Waals surface area contributed by atoms with Crippen LogP contribution < -0.4 is 9.80 Å². The summed E-state index contributed by atoms with van der Waals surface area (Å²) in [6.07, 6.45) is 0. The van der Waals surface area contributed by atoms with E-state index >= 15 is 0 Å². The van der Waals surface area contributed by atoms with E-state index in [-0.39, 0.29) is 0 Å². The highest BCUT2D eigenvalue weighted by molar-refractivity contribution is 5.73. The minimum absolute atomic E-state index is 0.815. The van der Waals surface area contributed by atoms with Gasteiger partial charge in [-0.2, -0.15) is 0 Å². The van der Waals surface area contributed by atoms with Crippen LogP contribution in [0.5, 0.6) is 0 Å². The third kappa shape index (κ3) is 6.45. The average Bonchev–Trinajstić information content (AvgIpc) is 3.04. The Labute approximate surface area is 250 Å². The molecule has 0 N–H and O–H groups in total. The molecule has 6 aromatic carbocycles. The van der Waals surface area contributed by atoms with Crippen LogP contribution in [-0.4, -0.2) is 0 Å². The Morgan fingerprint density at radius 1 is 0.357 bits per heavy atom. The molecule has 0 unspecified atom stereocenters. The Hall–Kier alpha value is -5.08. The molecule has 0 spiro atoms. The molecule has 0 radical (unpaired) electrons. The van der Waals surface area contributed by atoms with Gasteiger partial charge in [-0.05, 0) is 84.6 Å². The minimum atomic E-state index is 0.815. The normalized spacial score (nSPS) is 10.8. The SMILES string of the molecule is Cc1cccc(CN(c2ccccc2)c2ccc(-c3ccc(N(Cc4cccc(C)c4)c4ccccc4)cc3)cc2)c1. The summed E-state index contributed by atoms with van der Waals surface area (Å²) < 4.78 is 0. The second-order valence-electron chi connectivity index (χ2n) is 10.9. The first-order valence-electron chi connectivity index (χ1n) is 14.6. The van der Waals surface area contributed by atoms with Gasteiger partial charge in [-0.15, -0.1) is 0 Å². The van der Waals surface area contributed by atoms with Crippen molar-refractivity contribution in [1.29, 1.82) is 0 Å². The molecule has 206 valence electrons. The van der Waals surface area contributed by atoms with Crippen LogP contribution in [0.4, 0.5) is 22.7 Å². The molecule has 0 fully saturated rings. The number of benzene rings is 6. The van der Waals surface area contributed by atoms with Crippen molar-refractivity contribution >= 4 is 22.7 Å². The maximum atomic E-state index is 2.38. The first-order valence-corrected chi connectivity index (χ1v) is 14.6. The van der Waals surface area contributed by atoms with Crippen LogP contribution in [0, 0.1) is 13.8 Å². The van der Waals surface area contributed by atoms with E-state index < -0.39 is 0 Å². The summed E-state index contributed by atoms with van der Waals surface area (Å²) in [4.78, 5) is 4.76. The number of aryl methyl sites for hydroxylation is 2. The molecular formula is C40H36N2. The van der Waals surface area contributed by atoms with E-state index in [9.17, 15) is 0 Å². The number of rotatable bonds is 9. The highest BCUT2D eigenvalue weighted by Crippen LogP contribution is 2.33. The van der Waals surface area contributed by atoms with Crippen molar-refractivity contribution in [3.63, 3.8) is 0 Å². The summed E-state index contributed by atoms with van der Waals surface area (Å²) in [5.74, 6) is 0. The Kier molecular flexibility index (Phi) is 8.14. The van der Waals surface area contributed by atoms with Gasteiger partial charge in [-0.3, -0.25) is 0 Å². The van der Waals surface area contributed by atoms with E-state index in [0.717, 1.165) is 13.1 Å². The maximum absolute atomic E-state index is 2.38. The predicted molar refractivity (Wildman–Crippen MR) is 179 cm³/mol. The fourth-order valence-corrected chi connectivity index (χ4v) is 5.53. The number of hydrogen-bond acceptors (Lipinski definition) is 2. The summed E-state index contributed by atoms with van der Waals surface area (Å²) in [6.45, 7) is 5.93. The minimum Gasteiger partial charge on any atom is -0.337 e. The van der Waals surface area contributed by atoms with Crippen LogP contribution in [0.25, 0.3) is 11.1 Å². The van der Waals surface area contributed by atoms with Crippen LogP contribution in [-0.2, 0) is 13.1 Å². The lowest BCUT2D eigenvalue weighted by atomic mass is 10.0. The van der Waals surface area contributed by atoms with Crippen molar-refractivity contribution in [2.75, 3.05) is 9.80 Å². The molecule has 0 aliphatic rings. The van der Waals surface area contributed by atoms with Gasteiger partial charge >= 0.3 is 0 Å². The topological polar surface area (TPSA) is 6.48 Å². The van der Waals surface area contributed by atoms with Gasteiger partial charge in [0.15, 0.2) is 0 Å². The summed E-state index contributed by atoms with van der Waals surface area (Å²) in [5.41, 5.74) is 12.3. The zero-order valence-electron chi connectivity index (χ0n) is 24.3. The van der Waals surface area contributed by atoms with Crippen LogP contribution in [0.2, 0.25) is 0 Å². The number of anilines is 4. The molecule has 0 aliphatic carbocycles. The second kappa shape index (κ2) is 12.6. The first-order chi connectivity index (χ1) is 20.6. The van der Waals surface area contributed by atoms with Crippen LogP contribution in [0.3, 0.4) is 0 Å². The van der Waals surface area contributed by atoms with Crippen LogP contribution >= 0.6 is 0 Å². The molecule has 2 heteroatoms. The van der Waals surface area contributed by atoms with Crippen molar-refractivity contribution in [2.24, 2.45) is 0 Å². The molecule has 0 atom stereocenters.